The van der Waals surface area contributed by atoms with Gasteiger partial charge in [-0.2, -0.15) is 0 Å². The fourth-order valence-corrected chi connectivity index (χ4v) is 5.46. The molecule has 0 spiro atoms. The first kappa shape index (κ1) is 30.9. The van der Waals surface area contributed by atoms with Gasteiger partial charge in [0.25, 0.3) is 0 Å². The number of pyridine rings is 2. The SMILES string of the molecule is Cc1cc(Nc2ccccc2)cnc1NC(CCC(C)CC(C)Nc1ccc(Nc2ccccc2)c(C)n1)CC(C)C. The Morgan fingerprint density at radius 3 is 1.98 bits per heavy atom. The van der Waals surface area contributed by atoms with Gasteiger partial charge in [-0.25, -0.2) is 9.97 Å². The summed E-state index contributed by atoms with van der Waals surface area (Å²) in [4.78, 5) is 9.60. The van der Waals surface area contributed by atoms with Crippen LogP contribution in [0.3, 0.4) is 0 Å². The number of hydrogen-bond donors (Lipinski definition) is 4. The van der Waals surface area contributed by atoms with Crippen molar-refractivity contribution in [2.75, 3.05) is 21.3 Å². The smallest absolute Gasteiger partial charge is 0.129 e. The summed E-state index contributed by atoms with van der Waals surface area (Å²) in [5.74, 6) is 3.12. The summed E-state index contributed by atoms with van der Waals surface area (Å²) < 4.78 is 0. The van der Waals surface area contributed by atoms with Gasteiger partial charge >= 0.3 is 0 Å². The van der Waals surface area contributed by atoms with Gasteiger partial charge < -0.3 is 21.3 Å². The van der Waals surface area contributed by atoms with E-state index in [-0.39, 0.29) is 0 Å². The molecule has 4 rings (SSSR count). The van der Waals surface area contributed by atoms with Crippen molar-refractivity contribution in [3.05, 3.63) is 96.3 Å². The number of aryl methyl sites for hydroxylation is 2. The average Bonchev–Trinajstić information content (AvgIpc) is 2.95. The third kappa shape index (κ3) is 9.79. The summed E-state index contributed by atoms with van der Waals surface area (Å²) in [6.45, 7) is 13.4. The molecule has 0 amide bonds. The van der Waals surface area contributed by atoms with E-state index in [2.05, 4.69) is 105 Å². The fraction of sp³-hybridized carbons (Fsp3) is 0.389. The van der Waals surface area contributed by atoms with Crippen molar-refractivity contribution in [2.24, 2.45) is 11.8 Å². The molecule has 2 aromatic heterocycles. The third-order valence-electron chi connectivity index (χ3n) is 7.53. The van der Waals surface area contributed by atoms with E-state index >= 15 is 0 Å². The second-order valence-electron chi connectivity index (χ2n) is 12.1. The molecule has 3 unspecified atom stereocenters. The molecular formula is C36H48N6. The van der Waals surface area contributed by atoms with Crippen molar-refractivity contribution in [1.82, 2.24) is 9.97 Å². The van der Waals surface area contributed by atoms with Crippen LogP contribution in [0.15, 0.2) is 85.1 Å². The molecule has 222 valence electrons. The molecule has 2 heterocycles. The molecule has 0 aliphatic rings. The number of para-hydroxylation sites is 2. The standard InChI is InChI=1S/C36H48N6/c1-25(2)21-32(42-36-27(4)23-33(24-37-36)40-30-13-9-7-10-14-30)18-17-26(3)22-28(5)38-35-20-19-34(29(6)39-35)41-31-15-11-8-12-16-31/h7-16,19-20,23-26,28,32,40-41H,17-18,21-22H2,1-6H3,(H,37,42)(H,38,39). The molecule has 0 aliphatic heterocycles. The van der Waals surface area contributed by atoms with Gasteiger partial charge in [-0.15, -0.1) is 0 Å². The molecule has 3 atom stereocenters. The van der Waals surface area contributed by atoms with Crippen LogP contribution in [0.4, 0.5) is 34.4 Å². The molecule has 4 aromatic rings. The van der Waals surface area contributed by atoms with Crippen LogP contribution in [0.1, 0.15) is 64.6 Å². The van der Waals surface area contributed by atoms with E-state index < -0.39 is 0 Å². The van der Waals surface area contributed by atoms with Crippen molar-refractivity contribution in [1.29, 1.82) is 0 Å². The highest BCUT2D eigenvalue weighted by molar-refractivity contribution is 5.63. The van der Waals surface area contributed by atoms with Crippen LogP contribution in [-0.4, -0.2) is 22.1 Å². The third-order valence-corrected chi connectivity index (χ3v) is 7.53. The lowest BCUT2D eigenvalue weighted by atomic mass is 9.92. The van der Waals surface area contributed by atoms with Crippen LogP contribution in [0.5, 0.6) is 0 Å². The maximum atomic E-state index is 4.81. The fourth-order valence-electron chi connectivity index (χ4n) is 5.46. The van der Waals surface area contributed by atoms with Crippen molar-refractivity contribution in [3.8, 4) is 0 Å². The minimum Gasteiger partial charge on any atom is -0.368 e. The molecule has 0 fully saturated rings. The summed E-state index contributed by atoms with van der Waals surface area (Å²) in [5.41, 5.74) is 6.31. The first-order valence-electron chi connectivity index (χ1n) is 15.4. The zero-order chi connectivity index (χ0) is 29.9. The zero-order valence-electron chi connectivity index (χ0n) is 26.1. The molecule has 6 nitrogen and oxygen atoms in total. The molecular weight excluding hydrogens is 516 g/mol. The van der Waals surface area contributed by atoms with Gasteiger partial charge in [-0.1, -0.05) is 57.2 Å². The Morgan fingerprint density at radius 2 is 1.36 bits per heavy atom. The number of anilines is 6. The number of aromatic nitrogens is 2. The Hall–Kier alpha value is -4.06. The van der Waals surface area contributed by atoms with Crippen molar-refractivity contribution in [2.45, 2.75) is 79.3 Å². The quantitative estimate of drug-likeness (QED) is 0.115. The normalized spacial score (nSPS) is 13.3. The van der Waals surface area contributed by atoms with E-state index in [9.17, 15) is 0 Å². The van der Waals surface area contributed by atoms with E-state index in [4.69, 9.17) is 9.97 Å². The molecule has 0 radical (unpaired) electrons. The molecule has 4 N–H and O–H groups in total. The minimum atomic E-state index is 0.338. The Labute approximate surface area is 252 Å². The number of hydrogen-bond acceptors (Lipinski definition) is 6. The maximum absolute atomic E-state index is 4.81. The molecule has 0 bridgehead atoms. The summed E-state index contributed by atoms with van der Waals surface area (Å²) in [7, 11) is 0. The highest BCUT2D eigenvalue weighted by Crippen LogP contribution is 2.26. The van der Waals surface area contributed by atoms with Crippen LogP contribution in [0, 0.1) is 25.7 Å². The zero-order valence-corrected chi connectivity index (χ0v) is 26.1. The summed E-state index contributed by atoms with van der Waals surface area (Å²) in [6, 6.07) is 27.5. The van der Waals surface area contributed by atoms with E-state index in [0.29, 0.717) is 23.9 Å². The Kier molecular flexibility index (Phi) is 11.2. The first-order valence-corrected chi connectivity index (χ1v) is 15.4. The summed E-state index contributed by atoms with van der Waals surface area (Å²) in [6.07, 6.45) is 6.42. The molecule has 0 aliphatic carbocycles. The van der Waals surface area contributed by atoms with Crippen LogP contribution in [-0.2, 0) is 0 Å². The van der Waals surface area contributed by atoms with Crippen molar-refractivity contribution >= 4 is 34.4 Å². The Morgan fingerprint density at radius 1 is 0.690 bits per heavy atom. The topological polar surface area (TPSA) is 73.9 Å². The van der Waals surface area contributed by atoms with Crippen molar-refractivity contribution in [3.63, 3.8) is 0 Å². The largest absolute Gasteiger partial charge is 0.368 e. The summed E-state index contributed by atoms with van der Waals surface area (Å²) in [5, 5.41) is 14.3. The number of rotatable bonds is 15. The van der Waals surface area contributed by atoms with Gasteiger partial charge in [0.05, 0.1) is 23.3 Å². The van der Waals surface area contributed by atoms with Crippen LogP contribution < -0.4 is 21.3 Å². The van der Waals surface area contributed by atoms with E-state index in [1.54, 1.807) is 0 Å². The van der Waals surface area contributed by atoms with E-state index in [1.165, 1.54) is 0 Å². The van der Waals surface area contributed by atoms with Gasteiger partial charge in [0, 0.05) is 23.5 Å². The van der Waals surface area contributed by atoms with Crippen LogP contribution in [0.25, 0.3) is 0 Å². The highest BCUT2D eigenvalue weighted by Gasteiger charge is 2.17. The van der Waals surface area contributed by atoms with Crippen molar-refractivity contribution < 1.29 is 0 Å². The van der Waals surface area contributed by atoms with Crippen LogP contribution in [0.2, 0.25) is 0 Å². The number of nitrogens with one attached hydrogen (secondary N) is 4. The second-order valence-corrected chi connectivity index (χ2v) is 12.1. The van der Waals surface area contributed by atoms with Crippen LogP contribution >= 0.6 is 0 Å². The lowest BCUT2D eigenvalue weighted by Crippen LogP contribution is -2.25. The Bertz CT molecular complexity index is 1370. The number of benzene rings is 2. The Balaban J connectivity index is 1.27. The molecule has 0 saturated heterocycles. The van der Waals surface area contributed by atoms with Gasteiger partial charge in [-0.3, -0.25) is 0 Å². The average molecular weight is 565 g/mol. The lowest BCUT2D eigenvalue weighted by Gasteiger charge is -2.25. The van der Waals surface area contributed by atoms with E-state index in [0.717, 1.165) is 71.3 Å². The highest BCUT2D eigenvalue weighted by atomic mass is 15.0. The van der Waals surface area contributed by atoms with Gasteiger partial charge in [0.1, 0.15) is 11.6 Å². The van der Waals surface area contributed by atoms with Gasteiger partial charge in [0.15, 0.2) is 0 Å². The minimum absolute atomic E-state index is 0.338. The van der Waals surface area contributed by atoms with Gasteiger partial charge in [0.2, 0.25) is 0 Å². The number of nitrogens with zero attached hydrogens (tertiary/aromatic N) is 2. The first-order chi connectivity index (χ1) is 20.2. The molecule has 42 heavy (non-hydrogen) atoms. The van der Waals surface area contributed by atoms with E-state index in [1.807, 2.05) is 42.6 Å². The molecule has 2 aromatic carbocycles. The van der Waals surface area contributed by atoms with Gasteiger partial charge in [-0.05, 0) is 106 Å². The lowest BCUT2D eigenvalue weighted by molar-refractivity contribution is 0.407. The maximum Gasteiger partial charge on any atom is 0.129 e. The predicted octanol–water partition coefficient (Wildman–Crippen LogP) is 9.71. The molecule has 6 heteroatoms. The monoisotopic (exact) mass is 564 g/mol. The summed E-state index contributed by atoms with van der Waals surface area (Å²) >= 11 is 0. The molecule has 0 saturated carbocycles. The predicted molar refractivity (Wildman–Crippen MR) is 180 cm³/mol. The second kappa shape index (κ2) is 15.2.